The summed E-state index contributed by atoms with van der Waals surface area (Å²) < 4.78 is 0.833. The highest BCUT2D eigenvalue weighted by Crippen LogP contribution is 1.91. The van der Waals surface area contributed by atoms with E-state index in [9.17, 15) is 0 Å². The molecule has 0 spiro atoms. The van der Waals surface area contributed by atoms with Gasteiger partial charge in [0.05, 0.1) is 21.1 Å². The number of rotatable bonds is 1. The van der Waals surface area contributed by atoms with Gasteiger partial charge in [0.1, 0.15) is 6.17 Å². The van der Waals surface area contributed by atoms with E-state index in [-0.39, 0.29) is 23.1 Å². The van der Waals surface area contributed by atoms with E-state index in [1.54, 1.807) is 0 Å². The largest absolute Gasteiger partial charge is 1.00 e. The zero-order valence-corrected chi connectivity index (χ0v) is 7.57. The molecule has 0 aromatic heterocycles. The Hall–Kier alpha value is 0.400. The molecule has 0 aromatic rings. The average Bonchev–Trinajstić information content (AvgIpc) is 1.31. The third kappa shape index (κ3) is 4.56. The van der Waals surface area contributed by atoms with Gasteiger partial charge in [0.15, 0.2) is 0 Å². The lowest BCUT2D eigenvalue weighted by Gasteiger charge is -2.27. The van der Waals surface area contributed by atoms with Gasteiger partial charge in [-0.3, -0.25) is 5.73 Å². The Morgan fingerprint density at radius 3 is 1.38 bits per heavy atom. The van der Waals surface area contributed by atoms with Gasteiger partial charge in [-0.25, -0.2) is 0 Å². The number of nitrogens with two attached hydrogens (primary N) is 1. The van der Waals surface area contributed by atoms with E-state index in [2.05, 4.69) is 21.1 Å². The Morgan fingerprint density at radius 1 is 1.25 bits per heavy atom. The minimum atomic E-state index is 0. The average molecular weight is 183 g/mol. The van der Waals surface area contributed by atoms with E-state index in [4.69, 9.17) is 5.73 Å². The predicted molar refractivity (Wildman–Crippen MR) is 31.7 cm³/mol. The third-order valence-electron chi connectivity index (χ3n) is 1.22. The second kappa shape index (κ2) is 3.43. The SMILES string of the molecule is CC(N)[N+](C)(C)C.[Br-]. The Kier molecular flexibility index (Phi) is 4.82. The highest BCUT2D eigenvalue weighted by Gasteiger charge is 2.10. The molecule has 0 rings (SSSR count). The standard InChI is InChI=1S/C5H15N2.BrH/c1-5(6)7(2,3)4;/h5H,6H2,1-4H3;1H/q+1;/p-1. The molecule has 2 N–H and O–H groups in total. The van der Waals surface area contributed by atoms with Crippen molar-refractivity contribution in [3.05, 3.63) is 0 Å². The molecule has 0 saturated carbocycles. The Bertz CT molecular complexity index is 55.9. The van der Waals surface area contributed by atoms with Crippen molar-refractivity contribution in [1.82, 2.24) is 0 Å². The van der Waals surface area contributed by atoms with Gasteiger partial charge in [-0.15, -0.1) is 0 Å². The number of hydrogen-bond acceptors (Lipinski definition) is 1. The first-order valence-electron chi connectivity index (χ1n) is 2.51. The maximum absolute atomic E-state index is 5.54. The first kappa shape index (κ1) is 11.2. The van der Waals surface area contributed by atoms with Crippen LogP contribution in [0.3, 0.4) is 0 Å². The maximum Gasteiger partial charge on any atom is 0.136 e. The fraction of sp³-hybridized carbons (Fsp3) is 1.00. The van der Waals surface area contributed by atoms with Crippen molar-refractivity contribution >= 4 is 0 Å². The van der Waals surface area contributed by atoms with Crippen LogP contribution in [-0.4, -0.2) is 31.8 Å². The van der Waals surface area contributed by atoms with Gasteiger partial charge in [0.2, 0.25) is 0 Å². The lowest BCUT2D eigenvalue weighted by Crippen LogP contribution is -3.00. The second-order valence-electron chi connectivity index (χ2n) is 2.86. The van der Waals surface area contributed by atoms with Crippen LogP contribution in [0.1, 0.15) is 6.92 Å². The Labute approximate surface area is 62.0 Å². The molecule has 0 radical (unpaired) electrons. The van der Waals surface area contributed by atoms with Gasteiger partial charge >= 0.3 is 0 Å². The molecule has 1 atom stereocenters. The van der Waals surface area contributed by atoms with Crippen LogP contribution in [0.25, 0.3) is 0 Å². The summed E-state index contributed by atoms with van der Waals surface area (Å²) in [7, 11) is 6.22. The molecule has 52 valence electrons. The molecule has 3 heteroatoms. The summed E-state index contributed by atoms with van der Waals surface area (Å²) in [5.74, 6) is 0. The molecule has 0 amide bonds. The van der Waals surface area contributed by atoms with Crippen LogP contribution in [0.15, 0.2) is 0 Å². The first-order valence-corrected chi connectivity index (χ1v) is 2.51. The first-order chi connectivity index (χ1) is 2.94. The lowest BCUT2D eigenvalue weighted by atomic mass is 10.5. The van der Waals surface area contributed by atoms with E-state index >= 15 is 0 Å². The molecule has 2 nitrogen and oxygen atoms in total. The minimum Gasteiger partial charge on any atom is -1.00 e. The van der Waals surface area contributed by atoms with E-state index in [1.807, 2.05) is 6.92 Å². The van der Waals surface area contributed by atoms with E-state index < -0.39 is 0 Å². The molecule has 0 aromatic carbocycles. The van der Waals surface area contributed by atoms with Crippen molar-refractivity contribution in [2.24, 2.45) is 5.73 Å². The quantitative estimate of drug-likeness (QED) is 0.340. The van der Waals surface area contributed by atoms with Crippen molar-refractivity contribution in [3.8, 4) is 0 Å². The Morgan fingerprint density at radius 2 is 1.38 bits per heavy atom. The summed E-state index contributed by atoms with van der Waals surface area (Å²) in [6.07, 6.45) is 0.236. The van der Waals surface area contributed by atoms with Gasteiger partial charge in [-0.2, -0.15) is 0 Å². The van der Waals surface area contributed by atoms with Crippen molar-refractivity contribution in [1.29, 1.82) is 0 Å². The fourth-order valence-electron chi connectivity index (χ4n) is 0. The van der Waals surface area contributed by atoms with Gasteiger partial charge in [0, 0.05) is 6.92 Å². The summed E-state index contributed by atoms with van der Waals surface area (Å²) in [6.45, 7) is 2.00. The van der Waals surface area contributed by atoms with Crippen LogP contribution in [-0.2, 0) is 0 Å². The summed E-state index contributed by atoms with van der Waals surface area (Å²) in [4.78, 5) is 0. The van der Waals surface area contributed by atoms with Gasteiger partial charge in [0.25, 0.3) is 0 Å². The fourth-order valence-corrected chi connectivity index (χ4v) is 0. The topological polar surface area (TPSA) is 26.0 Å². The summed E-state index contributed by atoms with van der Waals surface area (Å²) in [5.41, 5.74) is 5.54. The molecule has 8 heavy (non-hydrogen) atoms. The van der Waals surface area contributed by atoms with Crippen molar-refractivity contribution in [3.63, 3.8) is 0 Å². The summed E-state index contributed by atoms with van der Waals surface area (Å²) >= 11 is 0. The minimum absolute atomic E-state index is 0. The number of quaternary nitrogens is 1. The molecule has 0 aliphatic carbocycles. The maximum atomic E-state index is 5.54. The lowest BCUT2D eigenvalue weighted by molar-refractivity contribution is -0.893. The number of halogens is 1. The summed E-state index contributed by atoms with van der Waals surface area (Å²) in [6, 6.07) is 0. The third-order valence-corrected chi connectivity index (χ3v) is 1.22. The molecule has 0 fully saturated rings. The van der Waals surface area contributed by atoms with Crippen LogP contribution in [0.2, 0.25) is 0 Å². The smallest absolute Gasteiger partial charge is 0.136 e. The number of hydrogen-bond donors (Lipinski definition) is 1. The normalized spacial score (nSPS) is 14.6. The molecular formula is C5H15BrN2. The molecule has 0 aliphatic heterocycles. The monoisotopic (exact) mass is 182 g/mol. The van der Waals surface area contributed by atoms with Gasteiger partial charge in [-0.1, -0.05) is 0 Å². The zero-order chi connectivity index (χ0) is 6.08. The highest BCUT2D eigenvalue weighted by molar-refractivity contribution is 4.28. The van der Waals surface area contributed by atoms with E-state index in [0.29, 0.717) is 0 Å². The van der Waals surface area contributed by atoms with Crippen LogP contribution in [0, 0.1) is 0 Å². The van der Waals surface area contributed by atoms with Crippen molar-refractivity contribution in [2.75, 3.05) is 21.1 Å². The van der Waals surface area contributed by atoms with E-state index in [0.717, 1.165) is 4.48 Å². The second-order valence-corrected chi connectivity index (χ2v) is 2.86. The van der Waals surface area contributed by atoms with Crippen LogP contribution in [0.4, 0.5) is 0 Å². The van der Waals surface area contributed by atoms with Crippen molar-refractivity contribution < 1.29 is 21.5 Å². The van der Waals surface area contributed by atoms with Crippen molar-refractivity contribution in [2.45, 2.75) is 13.1 Å². The molecule has 0 bridgehead atoms. The number of nitrogens with zero attached hydrogens (tertiary/aromatic N) is 1. The summed E-state index contributed by atoms with van der Waals surface area (Å²) in [5, 5.41) is 0. The predicted octanol–water partition coefficient (Wildman–Crippen LogP) is -3.00. The highest BCUT2D eigenvalue weighted by atomic mass is 79.9. The van der Waals surface area contributed by atoms with Crippen LogP contribution in [0.5, 0.6) is 0 Å². The van der Waals surface area contributed by atoms with Crippen LogP contribution >= 0.6 is 0 Å². The van der Waals surface area contributed by atoms with Gasteiger partial charge in [-0.05, 0) is 0 Å². The molecule has 0 heterocycles. The molecular weight excluding hydrogens is 168 g/mol. The van der Waals surface area contributed by atoms with E-state index in [1.165, 1.54) is 0 Å². The zero-order valence-electron chi connectivity index (χ0n) is 5.98. The molecule has 0 aliphatic rings. The molecule has 1 unspecified atom stereocenters. The van der Waals surface area contributed by atoms with Gasteiger partial charge < -0.3 is 21.5 Å². The molecule has 0 saturated heterocycles. The Balaban J connectivity index is 0. The van der Waals surface area contributed by atoms with Crippen LogP contribution < -0.4 is 22.7 Å².